The molecule has 0 fully saturated rings. The minimum atomic E-state index is -5.14. The fourth-order valence-corrected chi connectivity index (χ4v) is 3.40. The number of hydrogen-bond donors (Lipinski definition) is 2. The molecular formula is C18H20F6N4O3. The first-order valence-electron chi connectivity index (χ1n) is 9.40. The Morgan fingerprint density at radius 2 is 1.81 bits per heavy atom. The fraction of sp³-hybridized carbons (Fsp3) is 0.611. The van der Waals surface area contributed by atoms with Gasteiger partial charge >= 0.3 is 12.4 Å². The Kier molecular flexibility index (Phi) is 5.84. The molecule has 1 aliphatic rings. The first-order chi connectivity index (χ1) is 14.2. The van der Waals surface area contributed by atoms with E-state index in [9.17, 15) is 31.4 Å². The summed E-state index contributed by atoms with van der Waals surface area (Å²) in [4.78, 5) is 3.72. The maximum Gasteiger partial charge on any atom is 0.426 e. The highest BCUT2D eigenvalue weighted by molar-refractivity contribution is 5.68. The van der Waals surface area contributed by atoms with E-state index in [1.54, 1.807) is 0 Å². The predicted octanol–water partition coefficient (Wildman–Crippen LogP) is 4.46. The zero-order valence-electron chi connectivity index (χ0n) is 16.5. The number of fused-ring (bicyclic) bond motifs is 5. The van der Waals surface area contributed by atoms with Crippen LogP contribution in [0.2, 0.25) is 0 Å². The molecule has 0 amide bonds. The summed E-state index contributed by atoms with van der Waals surface area (Å²) in [6.45, 7) is 3.03. The molecule has 3 N–H and O–H groups in total. The van der Waals surface area contributed by atoms with E-state index >= 15 is 0 Å². The van der Waals surface area contributed by atoms with Crippen molar-refractivity contribution in [1.29, 1.82) is 0 Å². The molecule has 4 bridgehead atoms. The van der Waals surface area contributed by atoms with Crippen LogP contribution in [0.3, 0.4) is 0 Å². The lowest BCUT2D eigenvalue weighted by molar-refractivity contribution is -0.280. The van der Waals surface area contributed by atoms with Gasteiger partial charge in [-0.1, -0.05) is 13.3 Å². The zero-order valence-corrected chi connectivity index (χ0v) is 16.5. The van der Waals surface area contributed by atoms with Crippen LogP contribution in [0.1, 0.15) is 51.0 Å². The molecule has 7 nitrogen and oxygen atoms in total. The van der Waals surface area contributed by atoms with Crippen LogP contribution in [0.4, 0.5) is 32.0 Å². The summed E-state index contributed by atoms with van der Waals surface area (Å²) in [6.07, 6.45) is -10.6. The summed E-state index contributed by atoms with van der Waals surface area (Å²) < 4.78 is 91.9. The van der Waals surface area contributed by atoms with Crippen LogP contribution in [0.5, 0.6) is 5.88 Å². The highest BCUT2D eigenvalue weighted by Crippen LogP contribution is 2.45. The lowest BCUT2D eigenvalue weighted by Gasteiger charge is -2.29. The molecule has 13 heteroatoms. The molecule has 0 aromatic carbocycles. The Bertz CT molecular complexity index is 945. The summed E-state index contributed by atoms with van der Waals surface area (Å²) >= 11 is 0. The molecule has 0 aliphatic carbocycles. The van der Waals surface area contributed by atoms with Gasteiger partial charge in [-0.2, -0.15) is 26.3 Å². The lowest BCUT2D eigenvalue weighted by Crippen LogP contribution is -2.44. The van der Waals surface area contributed by atoms with E-state index in [1.807, 2.05) is 0 Å². The number of rotatable bonds is 0. The largest absolute Gasteiger partial charge is 0.474 e. The molecule has 31 heavy (non-hydrogen) atoms. The van der Waals surface area contributed by atoms with Gasteiger partial charge in [0.2, 0.25) is 11.5 Å². The van der Waals surface area contributed by atoms with Crippen LogP contribution in [-0.4, -0.2) is 32.6 Å². The number of aliphatic hydroxyl groups is 1. The standard InChI is InChI=1S/C18H20F6N4O3/c1-8-4-3-5-9(2)30-13-10(17(19,20)21)6-11(25)12(26-13)14-27-28-15(31-14)16(29,7-8)18(22,23)24/h6,8-9,29H,3-5,7,25H2,1-2H3/t8?,9-,16-/m1/s1. The van der Waals surface area contributed by atoms with Gasteiger partial charge < -0.3 is 20.0 Å². The molecule has 1 unspecified atom stereocenters. The van der Waals surface area contributed by atoms with Crippen LogP contribution in [0.25, 0.3) is 11.6 Å². The molecule has 3 heterocycles. The highest BCUT2D eigenvalue weighted by atomic mass is 19.4. The van der Waals surface area contributed by atoms with Crippen LogP contribution >= 0.6 is 0 Å². The van der Waals surface area contributed by atoms with Crippen molar-refractivity contribution in [1.82, 2.24) is 15.2 Å². The van der Waals surface area contributed by atoms with Gasteiger partial charge in [0.25, 0.3) is 11.8 Å². The van der Waals surface area contributed by atoms with Gasteiger partial charge in [-0.05, 0) is 38.2 Å². The predicted molar refractivity (Wildman–Crippen MR) is 94.6 cm³/mol. The van der Waals surface area contributed by atoms with E-state index < -0.39 is 71.0 Å². The van der Waals surface area contributed by atoms with Crippen molar-refractivity contribution >= 4 is 5.69 Å². The number of nitrogens with zero attached hydrogens (tertiary/aromatic N) is 3. The number of aromatic nitrogens is 3. The van der Waals surface area contributed by atoms with Crippen molar-refractivity contribution in [3.05, 3.63) is 17.5 Å². The molecule has 1 aliphatic heterocycles. The molecule has 0 saturated heterocycles. The van der Waals surface area contributed by atoms with Gasteiger partial charge in [-0.15, -0.1) is 10.2 Å². The molecular weight excluding hydrogens is 434 g/mol. The number of halogens is 6. The van der Waals surface area contributed by atoms with Crippen molar-refractivity contribution in [3.8, 4) is 17.5 Å². The maximum atomic E-state index is 13.7. The van der Waals surface area contributed by atoms with Crippen LogP contribution in [-0.2, 0) is 11.8 Å². The van der Waals surface area contributed by atoms with Crippen molar-refractivity contribution in [2.75, 3.05) is 5.73 Å². The average Bonchev–Trinajstić information content (AvgIpc) is 3.10. The van der Waals surface area contributed by atoms with Crippen LogP contribution < -0.4 is 10.5 Å². The molecule has 0 spiro atoms. The normalized spacial score (nSPS) is 25.6. The second-order valence-electron chi connectivity index (χ2n) is 7.72. The minimum absolute atomic E-state index is 0.250. The first kappa shape index (κ1) is 23.1. The monoisotopic (exact) mass is 454 g/mol. The molecule has 2 aromatic heterocycles. The van der Waals surface area contributed by atoms with Crippen molar-refractivity contribution in [3.63, 3.8) is 0 Å². The fourth-order valence-electron chi connectivity index (χ4n) is 3.40. The summed E-state index contributed by atoms with van der Waals surface area (Å²) in [7, 11) is 0. The number of ether oxygens (including phenoxy) is 1. The Balaban J connectivity index is 2.19. The van der Waals surface area contributed by atoms with Crippen molar-refractivity contribution < 1.29 is 40.6 Å². The van der Waals surface area contributed by atoms with Gasteiger partial charge in [0.05, 0.1) is 11.8 Å². The molecule has 3 rings (SSSR count). The van der Waals surface area contributed by atoms with Crippen molar-refractivity contribution in [2.45, 2.75) is 63.6 Å². The summed E-state index contributed by atoms with van der Waals surface area (Å²) in [6, 6.07) is 0.540. The van der Waals surface area contributed by atoms with Gasteiger partial charge in [-0.3, -0.25) is 0 Å². The van der Waals surface area contributed by atoms with E-state index in [2.05, 4.69) is 15.2 Å². The third kappa shape index (κ3) is 4.55. The molecule has 0 saturated carbocycles. The minimum Gasteiger partial charge on any atom is -0.474 e. The maximum absolute atomic E-state index is 13.7. The molecule has 0 radical (unpaired) electrons. The second-order valence-corrected chi connectivity index (χ2v) is 7.72. The summed E-state index contributed by atoms with van der Waals surface area (Å²) in [5.74, 6) is -3.24. The number of alkyl halides is 6. The first-order valence-corrected chi connectivity index (χ1v) is 9.40. The van der Waals surface area contributed by atoms with Gasteiger partial charge in [0, 0.05) is 0 Å². The molecule has 2 aromatic rings. The SMILES string of the molecule is CC1CCC[C@@H](C)Oc2nc(c(N)cc2C(F)(F)F)-c2nnc(o2)[C@@](O)(C(F)(F)F)C1. The topological polar surface area (TPSA) is 107 Å². The number of nitrogen functional groups attached to an aromatic ring is 1. The quantitative estimate of drug-likeness (QED) is 0.566. The van der Waals surface area contributed by atoms with E-state index in [1.165, 1.54) is 13.8 Å². The van der Waals surface area contributed by atoms with Gasteiger partial charge in [-0.25, -0.2) is 4.98 Å². The number of hydrogen-bond acceptors (Lipinski definition) is 7. The number of anilines is 1. The summed E-state index contributed by atoms with van der Waals surface area (Å²) in [5, 5.41) is 17.2. The Labute approximate surface area is 172 Å². The van der Waals surface area contributed by atoms with E-state index in [0.29, 0.717) is 12.5 Å². The Morgan fingerprint density at radius 1 is 1.13 bits per heavy atom. The zero-order chi connectivity index (χ0) is 23.2. The highest BCUT2D eigenvalue weighted by Gasteiger charge is 2.59. The second kappa shape index (κ2) is 7.84. The van der Waals surface area contributed by atoms with Crippen molar-refractivity contribution in [2.24, 2.45) is 5.92 Å². The van der Waals surface area contributed by atoms with Crippen LogP contribution in [0, 0.1) is 5.92 Å². The van der Waals surface area contributed by atoms with Gasteiger partial charge in [0.15, 0.2) is 5.69 Å². The Morgan fingerprint density at radius 3 is 2.42 bits per heavy atom. The lowest BCUT2D eigenvalue weighted by atomic mass is 9.87. The molecule has 3 atom stereocenters. The number of nitrogens with two attached hydrogens (primary N) is 1. The third-order valence-corrected chi connectivity index (χ3v) is 5.04. The molecule has 172 valence electrons. The van der Waals surface area contributed by atoms with E-state index in [-0.39, 0.29) is 12.8 Å². The Hall–Kier alpha value is -2.57. The average molecular weight is 454 g/mol. The van der Waals surface area contributed by atoms with Gasteiger partial charge in [0.1, 0.15) is 5.56 Å². The van der Waals surface area contributed by atoms with Crippen LogP contribution in [0.15, 0.2) is 10.5 Å². The van der Waals surface area contributed by atoms with E-state index in [0.717, 1.165) is 0 Å². The third-order valence-electron chi connectivity index (χ3n) is 5.04. The smallest absolute Gasteiger partial charge is 0.426 e. The van der Waals surface area contributed by atoms with E-state index in [4.69, 9.17) is 14.9 Å². The summed E-state index contributed by atoms with van der Waals surface area (Å²) in [5.41, 5.74) is -0.0720. The number of pyridine rings is 1.